The highest BCUT2D eigenvalue weighted by Crippen LogP contribution is 2.37. The van der Waals surface area contributed by atoms with Gasteiger partial charge in [0.1, 0.15) is 17.3 Å². The molecule has 1 saturated heterocycles. The van der Waals surface area contributed by atoms with Crippen molar-refractivity contribution in [1.29, 1.82) is 0 Å². The third-order valence-corrected chi connectivity index (χ3v) is 5.10. The van der Waals surface area contributed by atoms with E-state index in [1.165, 1.54) is 6.33 Å². The molecule has 0 amide bonds. The standard InChI is InChI=1S/C12H16N4O3S2/c1-2-21-9-6(3-17)19-12(8(9)18)16-5-15-7-10(16)13-4-14-11(7)20/h4-6,8-9,12,17-18H,2-3H2,1H3,(H,13,14,20)/t6-,8-,9+,12-/m1/s1. The number of aliphatic hydroxyl groups is 2. The molecule has 3 N–H and O–H groups in total. The molecule has 1 fully saturated rings. The molecule has 3 heterocycles. The number of aromatic amines is 1. The van der Waals surface area contributed by atoms with E-state index >= 15 is 0 Å². The highest BCUT2D eigenvalue weighted by molar-refractivity contribution is 8.00. The molecule has 0 radical (unpaired) electrons. The fourth-order valence-corrected chi connectivity index (χ4v) is 3.84. The summed E-state index contributed by atoms with van der Waals surface area (Å²) in [6.45, 7) is 1.88. The van der Waals surface area contributed by atoms with E-state index in [-0.39, 0.29) is 11.9 Å². The van der Waals surface area contributed by atoms with Gasteiger partial charge >= 0.3 is 0 Å². The minimum Gasteiger partial charge on any atom is -0.394 e. The van der Waals surface area contributed by atoms with Crippen molar-refractivity contribution in [3.05, 3.63) is 17.3 Å². The number of nitrogens with one attached hydrogen (secondary N) is 1. The molecule has 1 aliphatic heterocycles. The predicted octanol–water partition coefficient (Wildman–Crippen LogP) is 0.861. The van der Waals surface area contributed by atoms with E-state index in [0.717, 1.165) is 5.75 Å². The van der Waals surface area contributed by atoms with Crippen LogP contribution in [0.3, 0.4) is 0 Å². The summed E-state index contributed by atoms with van der Waals surface area (Å²) in [5.74, 6) is 0.839. The van der Waals surface area contributed by atoms with Gasteiger partial charge in [-0.1, -0.05) is 19.1 Å². The molecule has 1 aliphatic rings. The van der Waals surface area contributed by atoms with Crippen molar-refractivity contribution >= 4 is 35.1 Å². The predicted molar refractivity (Wildman–Crippen MR) is 81.6 cm³/mol. The lowest BCUT2D eigenvalue weighted by atomic mass is 10.2. The Morgan fingerprint density at radius 3 is 3.05 bits per heavy atom. The molecule has 0 aromatic carbocycles. The molecule has 4 atom stereocenters. The SMILES string of the molecule is CCS[C@@H]1[C@@H](O)[C@H](n2cnc3c(=S)nc[nH]c32)O[C@@H]1CO. The molecule has 0 unspecified atom stereocenters. The van der Waals surface area contributed by atoms with Gasteiger partial charge in [0.25, 0.3) is 0 Å². The van der Waals surface area contributed by atoms with Gasteiger partial charge in [0, 0.05) is 0 Å². The van der Waals surface area contributed by atoms with Crippen molar-refractivity contribution in [2.75, 3.05) is 12.4 Å². The maximum Gasteiger partial charge on any atom is 0.164 e. The summed E-state index contributed by atoms with van der Waals surface area (Å²) >= 11 is 6.70. The third-order valence-electron chi connectivity index (χ3n) is 3.50. The van der Waals surface area contributed by atoms with Gasteiger partial charge in [0.2, 0.25) is 0 Å². The van der Waals surface area contributed by atoms with Gasteiger partial charge in [-0.2, -0.15) is 11.8 Å². The number of nitrogens with zero attached hydrogens (tertiary/aromatic N) is 3. The van der Waals surface area contributed by atoms with Crippen LogP contribution in [0.4, 0.5) is 0 Å². The molecule has 3 rings (SSSR count). The molecule has 9 heteroatoms. The first-order valence-electron chi connectivity index (χ1n) is 6.63. The van der Waals surface area contributed by atoms with E-state index in [9.17, 15) is 10.2 Å². The van der Waals surface area contributed by atoms with E-state index in [4.69, 9.17) is 17.0 Å². The van der Waals surface area contributed by atoms with E-state index in [2.05, 4.69) is 15.0 Å². The van der Waals surface area contributed by atoms with Crippen LogP contribution in [0.1, 0.15) is 13.2 Å². The first-order chi connectivity index (χ1) is 10.2. The number of hydrogen-bond acceptors (Lipinski definition) is 7. The van der Waals surface area contributed by atoms with Crippen LogP contribution in [-0.4, -0.2) is 59.5 Å². The van der Waals surface area contributed by atoms with Crippen molar-refractivity contribution < 1.29 is 14.9 Å². The second kappa shape index (κ2) is 6.01. The summed E-state index contributed by atoms with van der Waals surface area (Å²) in [5, 5.41) is 19.8. The van der Waals surface area contributed by atoms with Gasteiger partial charge in [-0.15, -0.1) is 0 Å². The molecule has 0 bridgehead atoms. The van der Waals surface area contributed by atoms with E-state index in [1.54, 1.807) is 22.7 Å². The second-order valence-electron chi connectivity index (χ2n) is 4.71. The van der Waals surface area contributed by atoms with Crippen molar-refractivity contribution in [1.82, 2.24) is 19.5 Å². The summed E-state index contributed by atoms with van der Waals surface area (Å²) in [5.41, 5.74) is 1.22. The molecule has 0 saturated carbocycles. The lowest BCUT2D eigenvalue weighted by Crippen LogP contribution is -2.31. The number of H-pyrrole nitrogens is 1. The van der Waals surface area contributed by atoms with E-state index < -0.39 is 18.4 Å². The van der Waals surface area contributed by atoms with Crippen molar-refractivity contribution in [2.24, 2.45) is 0 Å². The molecular weight excluding hydrogens is 312 g/mol. The van der Waals surface area contributed by atoms with Crippen LogP contribution in [0.2, 0.25) is 0 Å². The Morgan fingerprint density at radius 2 is 2.33 bits per heavy atom. The number of imidazole rings is 1. The molecule has 2 aromatic heterocycles. The van der Waals surface area contributed by atoms with Crippen molar-refractivity contribution in [2.45, 2.75) is 30.6 Å². The van der Waals surface area contributed by atoms with Gasteiger partial charge in [-0.05, 0) is 5.75 Å². The zero-order chi connectivity index (χ0) is 15.0. The number of hydrogen-bond donors (Lipinski definition) is 3. The Bertz CT molecular complexity index is 688. The average Bonchev–Trinajstić information content (AvgIpc) is 3.03. The molecule has 2 aromatic rings. The van der Waals surface area contributed by atoms with E-state index in [1.807, 2.05) is 6.92 Å². The summed E-state index contributed by atoms with van der Waals surface area (Å²) in [6.07, 6.45) is 1.31. The fourth-order valence-electron chi connectivity index (χ4n) is 2.56. The third kappa shape index (κ3) is 2.49. The maximum absolute atomic E-state index is 10.5. The van der Waals surface area contributed by atoms with Crippen molar-refractivity contribution in [3.8, 4) is 0 Å². The molecular formula is C12H16N4O3S2. The van der Waals surface area contributed by atoms with Gasteiger partial charge in [-0.25, -0.2) is 9.97 Å². The normalized spacial score (nSPS) is 29.3. The van der Waals surface area contributed by atoms with E-state index in [0.29, 0.717) is 15.8 Å². The highest BCUT2D eigenvalue weighted by atomic mass is 32.2. The van der Waals surface area contributed by atoms with Gasteiger partial charge in [0.05, 0.1) is 30.6 Å². The fraction of sp³-hybridized carbons (Fsp3) is 0.583. The van der Waals surface area contributed by atoms with Crippen molar-refractivity contribution in [3.63, 3.8) is 0 Å². The van der Waals surface area contributed by atoms with Crippen LogP contribution >= 0.6 is 24.0 Å². The first-order valence-corrected chi connectivity index (χ1v) is 8.09. The van der Waals surface area contributed by atoms with Crippen LogP contribution in [0, 0.1) is 4.64 Å². The Kier molecular flexibility index (Phi) is 4.27. The molecule has 0 aliphatic carbocycles. The average molecular weight is 328 g/mol. The minimum absolute atomic E-state index is 0.130. The number of ether oxygens (including phenoxy) is 1. The smallest absolute Gasteiger partial charge is 0.164 e. The lowest BCUT2D eigenvalue weighted by Gasteiger charge is -2.18. The summed E-state index contributed by atoms with van der Waals surface area (Å²) in [4.78, 5) is 11.2. The van der Waals surface area contributed by atoms with Crippen LogP contribution in [0.5, 0.6) is 0 Å². The number of aromatic nitrogens is 4. The first kappa shape index (κ1) is 14.9. The van der Waals surface area contributed by atoms with Gasteiger partial charge in [-0.3, -0.25) is 4.57 Å². The monoisotopic (exact) mass is 328 g/mol. The topological polar surface area (TPSA) is 96.2 Å². The van der Waals surface area contributed by atoms with Gasteiger partial charge < -0.3 is 19.9 Å². The quantitative estimate of drug-likeness (QED) is 0.716. The van der Waals surface area contributed by atoms with Crippen LogP contribution in [0.25, 0.3) is 11.2 Å². The van der Waals surface area contributed by atoms with Crippen LogP contribution < -0.4 is 0 Å². The molecule has 0 spiro atoms. The Hall–Kier alpha value is -1.00. The summed E-state index contributed by atoms with van der Waals surface area (Å²) < 4.78 is 7.91. The largest absolute Gasteiger partial charge is 0.394 e. The number of aliphatic hydroxyl groups excluding tert-OH is 2. The Balaban J connectivity index is 1.99. The second-order valence-corrected chi connectivity index (χ2v) is 6.56. The van der Waals surface area contributed by atoms with Crippen LogP contribution in [-0.2, 0) is 4.74 Å². The van der Waals surface area contributed by atoms with Gasteiger partial charge in [0.15, 0.2) is 10.9 Å². The molecule has 21 heavy (non-hydrogen) atoms. The maximum atomic E-state index is 10.5. The summed E-state index contributed by atoms with van der Waals surface area (Å²) in [6, 6.07) is 0. The minimum atomic E-state index is -0.736. The zero-order valence-corrected chi connectivity index (χ0v) is 13.0. The Morgan fingerprint density at radius 1 is 1.52 bits per heavy atom. The molecule has 7 nitrogen and oxygen atoms in total. The lowest BCUT2D eigenvalue weighted by molar-refractivity contribution is -0.0486. The Labute approximate surface area is 130 Å². The highest BCUT2D eigenvalue weighted by Gasteiger charge is 2.44. The zero-order valence-electron chi connectivity index (χ0n) is 11.3. The summed E-state index contributed by atoms with van der Waals surface area (Å²) in [7, 11) is 0. The van der Waals surface area contributed by atoms with Crippen LogP contribution in [0.15, 0.2) is 12.7 Å². The molecule has 114 valence electrons. The number of rotatable bonds is 4. The number of fused-ring (bicyclic) bond motifs is 1. The number of thioether (sulfide) groups is 1.